The fraction of sp³-hybridized carbons (Fsp3) is 0.571. The van der Waals surface area contributed by atoms with Gasteiger partial charge in [-0.2, -0.15) is 11.3 Å². The average Bonchev–Trinajstić information content (AvgIpc) is 3.00. The van der Waals surface area contributed by atoms with Crippen molar-refractivity contribution < 1.29 is 9.53 Å². The van der Waals surface area contributed by atoms with Crippen LogP contribution in [0.3, 0.4) is 0 Å². The minimum absolute atomic E-state index is 0.201. The van der Waals surface area contributed by atoms with Crippen LogP contribution in [0.2, 0.25) is 0 Å². The lowest BCUT2D eigenvalue weighted by Crippen LogP contribution is -2.42. The minimum atomic E-state index is -0.223. The highest BCUT2D eigenvalue weighted by Crippen LogP contribution is 2.16. The normalized spacial score (nSPS) is 14.5. The van der Waals surface area contributed by atoms with Crippen molar-refractivity contribution in [2.24, 2.45) is 10.9 Å². The lowest BCUT2D eigenvalue weighted by molar-refractivity contribution is -0.144. The van der Waals surface area contributed by atoms with E-state index in [1.165, 1.54) is 12.7 Å². The molecule has 0 spiro atoms. The molecule has 0 fully saturated rings. The summed E-state index contributed by atoms with van der Waals surface area (Å²) in [5.41, 5.74) is 1.32. The summed E-state index contributed by atoms with van der Waals surface area (Å²) in [5.74, 6) is 0.688. The molecule has 2 N–H and O–H groups in total. The molecule has 1 aromatic rings. The molecule has 0 radical (unpaired) electrons. The molecule has 0 saturated carbocycles. The molecule has 112 valence electrons. The van der Waals surface area contributed by atoms with Crippen molar-refractivity contribution in [3.8, 4) is 0 Å². The summed E-state index contributed by atoms with van der Waals surface area (Å²) in [5, 5.41) is 10.6. The van der Waals surface area contributed by atoms with Gasteiger partial charge in [-0.25, -0.2) is 0 Å². The first-order valence-electron chi connectivity index (χ1n) is 6.63. The number of ether oxygens (including phenoxy) is 1. The summed E-state index contributed by atoms with van der Waals surface area (Å²) >= 11 is 1.70. The number of nitrogens with one attached hydrogen (secondary N) is 2. The smallest absolute Gasteiger partial charge is 0.310 e. The Labute approximate surface area is 124 Å². The molecule has 2 unspecified atom stereocenters. The van der Waals surface area contributed by atoms with Crippen LogP contribution >= 0.6 is 11.3 Å². The number of aliphatic imine (C=N–C) groups is 1. The third-order valence-corrected chi connectivity index (χ3v) is 3.79. The van der Waals surface area contributed by atoms with E-state index >= 15 is 0 Å². The van der Waals surface area contributed by atoms with E-state index in [4.69, 9.17) is 0 Å². The first-order chi connectivity index (χ1) is 9.58. The van der Waals surface area contributed by atoms with Crippen LogP contribution in [0.5, 0.6) is 0 Å². The Balaban J connectivity index is 2.35. The summed E-state index contributed by atoms with van der Waals surface area (Å²) in [6.07, 6.45) is 0. The second-order valence-corrected chi connectivity index (χ2v) is 5.50. The Kier molecular flexibility index (Phi) is 7.08. The zero-order valence-electron chi connectivity index (χ0n) is 12.5. The monoisotopic (exact) mass is 297 g/mol. The molecule has 0 amide bonds. The van der Waals surface area contributed by atoms with Crippen LogP contribution in [0, 0.1) is 5.92 Å². The molecular weight excluding hydrogens is 274 g/mol. The molecule has 1 aromatic heterocycles. The Bertz CT molecular complexity index is 432. The summed E-state index contributed by atoms with van der Waals surface area (Å²) in [4.78, 5) is 15.5. The highest BCUT2D eigenvalue weighted by atomic mass is 32.1. The van der Waals surface area contributed by atoms with Crippen LogP contribution < -0.4 is 10.6 Å². The SMILES string of the molecule is CN=C(NCC(C)C(=O)OC)NCC(C)c1ccsc1. The van der Waals surface area contributed by atoms with Crippen molar-refractivity contribution in [3.63, 3.8) is 0 Å². The summed E-state index contributed by atoms with van der Waals surface area (Å²) in [6, 6.07) is 2.13. The molecule has 0 saturated heterocycles. The van der Waals surface area contributed by atoms with Crippen LogP contribution in [-0.2, 0) is 9.53 Å². The van der Waals surface area contributed by atoms with Gasteiger partial charge >= 0.3 is 5.97 Å². The highest BCUT2D eigenvalue weighted by molar-refractivity contribution is 7.07. The van der Waals surface area contributed by atoms with Gasteiger partial charge in [-0.15, -0.1) is 0 Å². The number of carbonyl (C=O) groups is 1. The lowest BCUT2D eigenvalue weighted by atomic mass is 10.1. The van der Waals surface area contributed by atoms with Crippen molar-refractivity contribution in [3.05, 3.63) is 22.4 Å². The maximum absolute atomic E-state index is 11.3. The van der Waals surface area contributed by atoms with Gasteiger partial charge in [0, 0.05) is 20.1 Å². The number of rotatable bonds is 6. The Hall–Kier alpha value is -1.56. The van der Waals surface area contributed by atoms with E-state index in [-0.39, 0.29) is 11.9 Å². The predicted octanol–water partition coefficient (Wildman–Crippen LogP) is 1.83. The molecule has 1 rings (SSSR count). The Morgan fingerprint density at radius 1 is 1.40 bits per heavy atom. The van der Waals surface area contributed by atoms with Crippen LogP contribution in [0.4, 0.5) is 0 Å². The van der Waals surface area contributed by atoms with Crippen LogP contribution in [0.15, 0.2) is 21.8 Å². The fourth-order valence-electron chi connectivity index (χ4n) is 1.68. The Morgan fingerprint density at radius 3 is 2.65 bits per heavy atom. The van der Waals surface area contributed by atoms with Gasteiger partial charge in [0.2, 0.25) is 0 Å². The van der Waals surface area contributed by atoms with Crippen molar-refractivity contribution in [1.82, 2.24) is 10.6 Å². The molecule has 0 aliphatic rings. The maximum Gasteiger partial charge on any atom is 0.310 e. The van der Waals surface area contributed by atoms with E-state index in [2.05, 4.69) is 44.1 Å². The van der Waals surface area contributed by atoms with E-state index in [1.54, 1.807) is 18.4 Å². The quantitative estimate of drug-likeness (QED) is 0.478. The Morgan fingerprint density at radius 2 is 2.10 bits per heavy atom. The van der Waals surface area contributed by atoms with Crippen LogP contribution in [0.1, 0.15) is 25.3 Å². The van der Waals surface area contributed by atoms with Gasteiger partial charge in [-0.05, 0) is 28.3 Å². The van der Waals surface area contributed by atoms with Gasteiger partial charge in [-0.1, -0.05) is 13.8 Å². The van der Waals surface area contributed by atoms with E-state index in [1.807, 2.05) is 6.92 Å². The van der Waals surface area contributed by atoms with Crippen molar-refractivity contribution in [1.29, 1.82) is 0 Å². The van der Waals surface area contributed by atoms with Crippen LogP contribution in [0.25, 0.3) is 0 Å². The predicted molar refractivity (Wildman–Crippen MR) is 83.3 cm³/mol. The first-order valence-corrected chi connectivity index (χ1v) is 7.57. The van der Waals surface area contributed by atoms with Gasteiger partial charge in [0.25, 0.3) is 0 Å². The number of thiophene rings is 1. The largest absolute Gasteiger partial charge is 0.469 e. The standard InChI is InChI=1S/C14H23N3O2S/c1-10(12-5-6-20-9-12)7-16-14(15-3)17-8-11(2)13(18)19-4/h5-6,9-11H,7-8H2,1-4H3,(H2,15,16,17). The summed E-state index contributed by atoms with van der Waals surface area (Å²) in [7, 11) is 3.11. The van der Waals surface area contributed by atoms with Crippen molar-refractivity contribution in [2.45, 2.75) is 19.8 Å². The molecular formula is C14H23N3O2S. The lowest BCUT2D eigenvalue weighted by Gasteiger charge is -2.17. The minimum Gasteiger partial charge on any atom is -0.469 e. The van der Waals surface area contributed by atoms with E-state index in [0.29, 0.717) is 18.4 Å². The zero-order valence-corrected chi connectivity index (χ0v) is 13.3. The molecule has 0 aliphatic carbocycles. The molecule has 0 bridgehead atoms. The van der Waals surface area contributed by atoms with E-state index in [0.717, 1.165) is 6.54 Å². The van der Waals surface area contributed by atoms with Gasteiger partial charge in [0.05, 0.1) is 13.0 Å². The molecule has 5 nitrogen and oxygen atoms in total. The topological polar surface area (TPSA) is 62.7 Å². The number of hydrogen-bond donors (Lipinski definition) is 2. The van der Waals surface area contributed by atoms with Crippen molar-refractivity contribution in [2.75, 3.05) is 27.2 Å². The molecule has 2 atom stereocenters. The van der Waals surface area contributed by atoms with Gasteiger partial charge in [0.15, 0.2) is 5.96 Å². The number of methoxy groups -OCH3 is 1. The molecule has 0 aromatic carbocycles. The fourth-order valence-corrected chi connectivity index (χ4v) is 2.46. The van der Waals surface area contributed by atoms with Gasteiger partial charge in [0.1, 0.15) is 0 Å². The number of carbonyl (C=O) groups excluding carboxylic acids is 1. The molecule has 1 heterocycles. The third-order valence-electron chi connectivity index (χ3n) is 3.09. The van der Waals surface area contributed by atoms with Crippen LogP contribution in [-0.4, -0.2) is 39.2 Å². The highest BCUT2D eigenvalue weighted by Gasteiger charge is 2.13. The van der Waals surface area contributed by atoms with Gasteiger partial charge in [-0.3, -0.25) is 9.79 Å². The van der Waals surface area contributed by atoms with E-state index < -0.39 is 0 Å². The number of nitrogens with zero attached hydrogens (tertiary/aromatic N) is 1. The molecule has 0 aliphatic heterocycles. The maximum atomic E-state index is 11.3. The zero-order chi connectivity index (χ0) is 15.0. The first kappa shape index (κ1) is 16.5. The average molecular weight is 297 g/mol. The summed E-state index contributed by atoms with van der Waals surface area (Å²) < 4.78 is 4.69. The summed E-state index contributed by atoms with van der Waals surface area (Å²) in [6.45, 7) is 5.28. The van der Waals surface area contributed by atoms with Crippen molar-refractivity contribution >= 4 is 23.3 Å². The van der Waals surface area contributed by atoms with E-state index in [9.17, 15) is 4.79 Å². The third kappa shape index (κ3) is 5.21. The number of esters is 1. The molecule has 20 heavy (non-hydrogen) atoms. The second kappa shape index (κ2) is 8.58. The number of hydrogen-bond acceptors (Lipinski definition) is 4. The second-order valence-electron chi connectivity index (χ2n) is 4.72. The number of guanidine groups is 1. The molecule has 6 heteroatoms. The van der Waals surface area contributed by atoms with Gasteiger partial charge < -0.3 is 15.4 Å².